The summed E-state index contributed by atoms with van der Waals surface area (Å²) >= 11 is 0. The van der Waals surface area contributed by atoms with E-state index in [1.165, 1.54) is 29.5 Å². The maximum Gasteiger partial charge on any atom is 0.319 e. The number of aryl methyl sites for hydroxylation is 1. The van der Waals surface area contributed by atoms with Crippen LogP contribution in [-0.2, 0) is 35.6 Å². The summed E-state index contributed by atoms with van der Waals surface area (Å²) < 4.78 is 2.24. The highest BCUT2D eigenvalue weighted by Crippen LogP contribution is 2.28. The Morgan fingerprint density at radius 2 is 1.57 bits per heavy atom. The SMILES string of the molecule is Cc1ccccc1Cn1cc(CN2CCCC2)c2ccc(NC(=O)N[C@@H](Cc3ccc(C#N)cc3)C(=O)N[C@@H](CCCN=C(N)N)C(=O)NCc3ccccc3)cc21. The Balaban J connectivity index is 1.22. The fraction of sp³-hybridized carbons (Fsp3) is 0.311. The lowest BCUT2D eigenvalue weighted by atomic mass is 10.0. The van der Waals surface area contributed by atoms with Crippen molar-refractivity contribution in [3.63, 3.8) is 0 Å². The number of aromatic nitrogens is 1. The molecule has 300 valence electrons. The molecule has 0 aliphatic carbocycles. The molecule has 1 fully saturated rings. The number of guanidine groups is 1. The standard InChI is InChI=1S/C45H52N10O3/c1-31-10-5-6-13-35(31)29-55-30-36(28-54-22-7-8-23-54)38-20-19-37(25-41(38)55)51-45(58)53-40(24-32-15-17-33(26-46)18-16-32)43(57)52-39(14-9-21-49-44(47)48)42(56)50-27-34-11-3-2-4-12-34/h2-6,10-13,15-20,25,30,39-40H,7-9,14,21-24,27-29H2,1H3,(H,50,56)(H,52,57)(H4,47,48,49)(H2,51,53,58)/t39-,40-/m0/s1. The summed E-state index contributed by atoms with van der Waals surface area (Å²) in [4.78, 5) is 47.9. The first-order valence-corrected chi connectivity index (χ1v) is 19.8. The molecule has 13 heteroatoms. The number of hydrogen-bond acceptors (Lipinski definition) is 6. The molecule has 58 heavy (non-hydrogen) atoms. The minimum atomic E-state index is -1.07. The second-order valence-electron chi connectivity index (χ2n) is 14.8. The van der Waals surface area contributed by atoms with Crippen molar-refractivity contribution in [1.29, 1.82) is 5.26 Å². The van der Waals surface area contributed by atoms with E-state index in [9.17, 15) is 19.6 Å². The first-order chi connectivity index (χ1) is 28.1. The molecule has 0 radical (unpaired) electrons. The van der Waals surface area contributed by atoms with Crippen LogP contribution >= 0.6 is 0 Å². The number of urea groups is 1. The van der Waals surface area contributed by atoms with Crippen molar-refractivity contribution in [1.82, 2.24) is 25.4 Å². The van der Waals surface area contributed by atoms with Crippen molar-refractivity contribution >= 4 is 40.4 Å². The Hall–Kier alpha value is -6.65. The van der Waals surface area contributed by atoms with Gasteiger partial charge < -0.3 is 37.3 Å². The predicted molar refractivity (Wildman–Crippen MR) is 228 cm³/mol. The van der Waals surface area contributed by atoms with Crippen LogP contribution in [0.25, 0.3) is 10.9 Å². The third-order valence-electron chi connectivity index (χ3n) is 10.4. The molecular weight excluding hydrogens is 729 g/mol. The van der Waals surface area contributed by atoms with E-state index in [2.05, 4.69) is 67.0 Å². The van der Waals surface area contributed by atoms with E-state index in [4.69, 9.17) is 11.5 Å². The number of amides is 4. The molecule has 1 aliphatic rings. The lowest BCUT2D eigenvalue weighted by Crippen LogP contribution is -2.55. The van der Waals surface area contributed by atoms with Gasteiger partial charge in [0, 0.05) is 49.9 Å². The maximum atomic E-state index is 14.1. The minimum absolute atomic E-state index is 0.0621. The minimum Gasteiger partial charge on any atom is -0.370 e. The zero-order valence-corrected chi connectivity index (χ0v) is 32.9. The fourth-order valence-electron chi connectivity index (χ4n) is 7.29. The molecule has 0 unspecified atom stereocenters. The Bertz CT molecular complexity index is 2250. The van der Waals surface area contributed by atoms with E-state index in [0.29, 0.717) is 24.2 Å². The van der Waals surface area contributed by atoms with Gasteiger partial charge >= 0.3 is 6.03 Å². The largest absolute Gasteiger partial charge is 0.370 e. The first kappa shape index (κ1) is 41.0. The van der Waals surface area contributed by atoms with Crippen LogP contribution in [0.1, 0.15) is 59.1 Å². The number of nitrogens with two attached hydrogens (primary N) is 2. The molecule has 13 nitrogen and oxygen atoms in total. The molecule has 0 saturated carbocycles. The van der Waals surface area contributed by atoms with Crippen molar-refractivity contribution in [2.45, 2.75) is 70.7 Å². The molecule has 0 spiro atoms. The summed E-state index contributed by atoms with van der Waals surface area (Å²) in [6.45, 7) is 6.35. The highest BCUT2D eigenvalue weighted by Gasteiger charge is 2.27. The highest BCUT2D eigenvalue weighted by molar-refractivity contribution is 5.97. The maximum absolute atomic E-state index is 14.1. The molecule has 2 atom stereocenters. The molecule has 5 aromatic rings. The lowest BCUT2D eigenvalue weighted by Gasteiger charge is -2.23. The van der Waals surface area contributed by atoms with Crippen LogP contribution in [0.15, 0.2) is 108 Å². The average molecular weight is 781 g/mol. The molecule has 0 bridgehead atoms. The molecule has 6 rings (SSSR count). The summed E-state index contributed by atoms with van der Waals surface area (Å²) in [5.74, 6) is -0.988. The number of nitriles is 1. The zero-order chi connectivity index (χ0) is 40.9. The van der Waals surface area contributed by atoms with Gasteiger partial charge in [0.15, 0.2) is 5.96 Å². The van der Waals surface area contributed by atoms with E-state index >= 15 is 0 Å². The Morgan fingerprint density at radius 1 is 0.828 bits per heavy atom. The average Bonchev–Trinajstić information content (AvgIpc) is 3.86. The molecule has 8 N–H and O–H groups in total. The highest BCUT2D eigenvalue weighted by atomic mass is 16.2. The van der Waals surface area contributed by atoms with Gasteiger partial charge in [-0.3, -0.25) is 19.5 Å². The summed E-state index contributed by atoms with van der Waals surface area (Å²) in [6, 6.07) is 30.0. The van der Waals surface area contributed by atoms with E-state index in [1.807, 2.05) is 60.7 Å². The van der Waals surface area contributed by atoms with Gasteiger partial charge in [-0.2, -0.15) is 5.26 Å². The van der Waals surface area contributed by atoms with Crippen LogP contribution in [-0.4, -0.2) is 65.0 Å². The molecule has 1 aromatic heterocycles. The number of rotatable bonds is 17. The van der Waals surface area contributed by atoms with Crippen LogP contribution in [0.4, 0.5) is 10.5 Å². The third kappa shape index (κ3) is 11.5. The number of carbonyl (C=O) groups excluding carboxylic acids is 3. The van der Waals surface area contributed by atoms with E-state index in [-0.39, 0.29) is 37.8 Å². The number of carbonyl (C=O) groups is 3. The number of anilines is 1. The van der Waals surface area contributed by atoms with Crippen LogP contribution in [0, 0.1) is 18.3 Å². The number of likely N-dealkylation sites (tertiary alicyclic amines) is 1. The second kappa shape index (κ2) is 20.0. The van der Waals surface area contributed by atoms with Crippen molar-refractivity contribution in [2.24, 2.45) is 16.5 Å². The summed E-state index contributed by atoms with van der Waals surface area (Å²) in [5, 5.41) is 22.1. The van der Waals surface area contributed by atoms with Crippen LogP contribution in [0.2, 0.25) is 0 Å². The summed E-state index contributed by atoms with van der Waals surface area (Å²) in [5.41, 5.74) is 18.3. The van der Waals surface area contributed by atoms with Gasteiger partial charge in [-0.1, -0.05) is 72.8 Å². The van der Waals surface area contributed by atoms with Crippen molar-refractivity contribution < 1.29 is 14.4 Å². The number of fused-ring (bicyclic) bond motifs is 1. The van der Waals surface area contributed by atoms with E-state index in [1.54, 1.807) is 24.3 Å². The molecular formula is C45H52N10O3. The van der Waals surface area contributed by atoms with Crippen molar-refractivity contribution in [3.8, 4) is 6.07 Å². The van der Waals surface area contributed by atoms with Gasteiger partial charge in [0.25, 0.3) is 0 Å². The Labute approximate surface area is 339 Å². The van der Waals surface area contributed by atoms with Gasteiger partial charge in [-0.15, -0.1) is 0 Å². The fourth-order valence-corrected chi connectivity index (χ4v) is 7.29. The summed E-state index contributed by atoms with van der Waals surface area (Å²) in [7, 11) is 0. The first-order valence-electron chi connectivity index (χ1n) is 19.8. The monoisotopic (exact) mass is 780 g/mol. The molecule has 2 heterocycles. The van der Waals surface area contributed by atoms with Crippen LogP contribution < -0.4 is 32.7 Å². The molecule has 1 saturated heterocycles. The van der Waals surface area contributed by atoms with Crippen LogP contribution in [0.3, 0.4) is 0 Å². The number of aliphatic imine (C=N–C) groups is 1. The van der Waals surface area contributed by atoms with Gasteiger partial charge in [-0.25, -0.2) is 4.79 Å². The van der Waals surface area contributed by atoms with Crippen molar-refractivity contribution in [2.75, 3.05) is 25.0 Å². The number of nitrogens with one attached hydrogen (secondary N) is 4. The lowest BCUT2D eigenvalue weighted by molar-refractivity contribution is -0.130. The predicted octanol–water partition coefficient (Wildman–Crippen LogP) is 5.05. The smallest absolute Gasteiger partial charge is 0.319 e. The Morgan fingerprint density at radius 3 is 2.29 bits per heavy atom. The number of nitrogens with zero attached hydrogens (tertiary/aromatic N) is 4. The van der Waals surface area contributed by atoms with Gasteiger partial charge in [0.2, 0.25) is 11.8 Å². The Kier molecular flexibility index (Phi) is 14.1. The summed E-state index contributed by atoms with van der Waals surface area (Å²) in [6.07, 6.45) is 5.41. The van der Waals surface area contributed by atoms with Crippen LogP contribution in [0.5, 0.6) is 0 Å². The van der Waals surface area contributed by atoms with Crippen molar-refractivity contribution in [3.05, 3.63) is 137 Å². The molecule has 4 aromatic carbocycles. The topological polar surface area (TPSA) is 196 Å². The van der Waals surface area contributed by atoms with E-state index in [0.717, 1.165) is 41.7 Å². The number of hydrogen-bond donors (Lipinski definition) is 6. The van der Waals surface area contributed by atoms with Gasteiger partial charge in [-0.05, 0) is 97.8 Å². The molecule has 4 amide bonds. The molecule has 1 aliphatic heterocycles. The van der Waals surface area contributed by atoms with Gasteiger partial charge in [0.05, 0.1) is 17.1 Å². The quantitative estimate of drug-likeness (QED) is 0.0431. The normalized spacial score (nSPS) is 13.6. The zero-order valence-electron chi connectivity index (χ0n) is 32.9. The van der Waals surface area contributed by atoms with E-state index < -0.39 is 24.0 Å². The number of benzene rings is 4. The third-order valence-corrected chi connectivity index (χ3v) is 10.4. The van der Waals surface area contributed by atoms with Gasteiger partial charge in [0.1, 0.15) is 12.1 Å². The second-order valence-corrected chi connectivity index (χ2v) is 14.8.